The lowest BCUT2D eigenvalue weighted by Gasteiger charge is -2.31. The summed E-state index contributed by atoms with van der Waals surface area (Å²) in [6.45, 7) is 3.79. The van der Waals surface area contributed by atoms with Gasteiger partial charge in [-0.15, -0.1) is 0 Å². The lowest BCUT2D eigenvalue weighted by atomic mass is 10.1. The number of rotatable bonds is 6. The van der Waals surface area contributed by atoms with E-state index in [4.69, 9.17) is 9.47 Å². The highest BCUT2D eigenvalue weighted by Crippen LogP contribution is 2.30. The molecule has 0 aromatic heterocycles. The van der Waals surface area contributed by atoms with Crippen LogP contribution < -0.4 is 14.8 Å². The van der Waals surface area contributed by atoms with Gasteiger partial charge < -0.3 is 19.7 Å². The fourth-order valence-electron chi connectivity index (χ4n) is 3.64. The number of sulfonamides is 1. The molecular formula is C22H27N3O5S. The van der Waals surface area contributed by atoms with Gasteiger partial charge in [0.05, 0.1) is 4.90 Å². The Labute approximate surface area is 182 Å². The summed E-state index contributed by atoms with van der Waals surface area (Å²) < 4.78 is 38.5. The zero-order chi connectivity index (χ0) is 21.8. The van der Waals surface area contributed by atoms with Gasteiger partial charge in [-0.25, -0.2) is 8.42 Å². The molecule has 1 fully saturated rings. The van der Waals surface area contributed by atoms with Gasteiger partial charge in [0.1, 0.15) is 13.2 Å². The summed E-state index contributed by atoms with van der Waals surface area (Å²) in [5, 5.41) is 2.87. The molecule has 0 aliphatic carbocycles. The van der Waals surface area contributed by atoms with Crippen LogP contribution in [-0.2, 0) is 16.4 Å². The summed E-state index contributed by atoms with van der Waals surface area (Å²) in [4.78, 5) is 14.8. The first-order chi connectivity index (χ1) is 14.9. The number of nitrogens with zero attached hydrogens (tertiary/aromatic N) is 2. The monoisotopic (exact) mass is 445 g/mol. The molecule has 2 heterocycles. The van der Waals surface area contributed by atoms with Crippen molar-refractivity contribution < 1.29 is 22.7 Å². The Kier molecular flexibility index (Phi) is 6.45. The first-order valence-corrected chi connectivity index (χ1v) is 11.8. The Morgan fingerprint density at radius 2 is 1.74 bits per heavy atom. The molecule has 0 unspecified atom stereocenters. The maximum absolute atomic E-state index is 12.9. The molecule has 1 saturated heterocycles. The molecule has 0 saturated carbocycles. The molecule has 0 spiro atoms. The van der Waals surface area contributed by atoms with Crippen LogP contribution in [0.4, 0.5) is 0 Å². The molecule has 4 rings (SSSR count). The third-order valence-electron chi connectivity index (χ3n) is 5.50. The minimum Gasteiger partial charge on any atom is -0.486 e. The second-order valence-electron chi connectivity index (χ2n) is 7.72. The Hall–Kier alpha value is -2.62. The normalized spacial score (nSPS) is 17.3. The summed E-state index contributed by atoms with van der Waals surface area (Å²) in [5.41, 5.74) is 1.35. The topological polar surface area (TPSA) is 88.2 Å². The van der Waals surface area contributed by atoms with Crippen molar-refractivity contribution in [3.63, 3.8) is 0 Å². The van der Waals surface area contributed by atoms with Crippen LogP contribution in [0.15, 0.2) is 47.4 Å². The summed E-state index contributed by atoms with van der Waals surface area (Å²) in [7, 11) is -1.64. The number of likely N-dealkylation sites (N-methyl/N-ethyl adjacent to an activating group) is 1. The Morgan fingerprint density at radius 1 is 1.00 bits per heavy atom. The highest BCUT2D eigenvalue weighted by Gasteiger charge is 2.27. The molecule has 0 atom stereocenters. The molecule has 2 aliphatic rings. The predicted octanol–water partition coefficient (Wildman–Crippen LogP) is 1.37. The zero-order valence-electron chi connectivity index (χ0n) is 17.5. The van der Waals surface area contributed by atoms with E-state index < -0.39 is 10.0 Å². The highest BCUT2D eigenvalue weighted by molar-refractivity contribution is 7.89. The van der Waals surface area contributed by atoms with E-state index in [9.17, 15) is 13.2 Å². The molecule has 166 valence electrons. The quantitative estimate of drug-likeness (QED) is 0.723. The van der Waals surface area contributed by atoms with Crippen molar-refractivity contribution in [1.29, 1.82) is 0 Å². The molecular weight excluding hydrogens is 418 g/mol. The Balaban J connectivity index is 1.37. The lowest BCUT2D eigenvalue weighted by molar-refractivity contribution is 0.0954. The van der Waals surface area contributed by atoms with Crippen molar-refractivity contribution in [3.05, 3.63) is 53.6 Å². The van der Waals surface area contributed by atoms with Gasteiger partial charge in [0.25, 0.3) is 5.91 Å². The van der Waals surface area contributed by atoms with Gasteiger partial charge in [0.2, 0.25) is 10.0 Å². The third kappa shape index (κ3) is 5.00. The van der Waals surface area contributed by atoms with Crippen LogP contribution in [-0.4, -0.2) is 76.5 Å². The van der Waals surface area contributed by atoms with Gasteiger partial charge in [-0.3, -0.25) is 4.79 Å². The second-order valence-corrected chi connectivity index (χ2v) is 9.66. The number of ether oxygens (including phenoxy) is 2. The van der Waals surface area contributed by atoms with Gasteiger partial charge in [0, 0.05) is 38.3 Å². The van der Waals surface area contributed by atoms with Crippen molar-refractivity contribution in [2.75, 3.05) is 53.0 Å². The van der Waals surface area contributed by atoms with Crippen molar-refractivity contribution in [1.82, 2.24) is 14.5 Å². The largest absolute Gasteiger partial charge is 0.486 e. The molecule has 8 nitrogen and oxygen atoms in total. The van der Waals surface area contributed by atoms with Crippen LogP contribution in [0.25, 0.3) is 0 Å². The highest BCUT2D eigenvalue weighted by atomic mass is 32.2. The van der Waals surface area contributed by atoms with Crippen molar-refractivity contribution >= 4 is 15.9 Å². The van der Waals surface area contributed by atoms with Crippen molar-refractivity contribution in [2.45, 2.75) is 11.3 Å². The molecule has 1 N–H and O–H groups in total. The van der Waals surface area contributed by atoms with Crippen LogP contribution in [0.3, 0.4) is 0 Å². The van der Waals surface area contributed by atoms with Crippen LogP contribution in [0.1, 0.15) is 15.9 Å². The van der Waals surface area contributed by atoms with Gasteiger partial charge >= 0.3 is 0 Å². The van der Waals surface area contributed by atoms with E-state index >= 15 is 0 Å². The molecule has 0 bridgehead atoms. The number of hydrogen-bond donors (Lipinski definition) is 1. The number of fused-ring (bicyclic) bond motifs is 1. The summed E-state index contributed by atoms with van der Waals surface area (Å²) in [5.74, 6) is 1.15. The SMILES string of the molecule is CN1CCN(S(=O)(=O)c2cccc(C(=O)NCCc3ccc4c(c3)OCCO4)c2)CC1. The van der Waals surface area contributed by atoms with E-state index in [1.165, 1.54) is 10.4 Å². The number of benzene rings is 2. The average Bonchev–Trinajstić information content (AvgIpc) is 2.79. The standard InChI is InChI=1S/C22H27N3O5S/c1-24-9-11-25(12-10-24)31(27,28)19-4-2-3-18(16-19)22(26)23-8-7-17-5-6-20-21(15-17)30-14-13-29-20/h2-6,15-16H,7-14H2,1H3,(H,23,26). The summed E-state index contributed by atoms with van der Waals surface area (Å²) in [6, 6.07) is 12.0. The van der Waals surface area contributed by atoms with Gasteiger partial charge in [-0.1, -0.05) is 12.1 Å². The number of carbonyl (C=O) groups is 1. The van der Waals surface area contributed by atoms with Gasteiger partial charge in [0.15, 0.2) is 11.5 Å². The minimum absolute atomic E-state index is 0.150. The maximum atomic E-state index is 12.9. The number of amides is 1. The number of hydrogen-bond acceptors (Lipinski definition) is 6. The average molecular weight is 446 g/mol. The van der Waals surface area contributed by atoms with E-state index in [1.807, 2.05) is 25.2 Å². The van der Waals surface area contributed by atoms with Crippen LogP contribution in [0.2, 0.25) is 0 Å². The smallest absolute Gasteiger partial charge is 0.251 e. The summed E-state index contributed by atoms with van der Waals surface area (Å²) in [6.07, 6.45) is 0.627. The first-order valence-electron chi connectivity index (χ1n) is 10.4. The molecule has 0 radical (unpaired) electrons. The fourth-order valence-corrected chi connectivity index (χ4v) is 5.11. The van der Waals surface area contributed by atoms with E-state index in [2.05, 4.69) is 10.2 Å². The van der Waals surface area contributed by atoms with Crippen LogP contribution >= 0.6 is 0 Å². The molecule has 2 aromatic rings. The predicted molar refractivity (Wildman–Crippen MR) is 116 cm³/mol. The van der Waals surface area contributed by atoms with E-state index in [0.717, 1.165) is 17.1 Å². The maximum Gasteiger partial charge on any atom is 0.251 e. The second kappa shape index (κ2) is 9.25. The van der Waals surface area contributed by atoms with Gasteiger partial charge in [-0.05, 0) is 49.4 Å². The number of nitrogens with one attached hydrogen (secondary N) is 1. The summed E-state index contributed by atoms with van der Waals surface area (Å²) >= 11 is 0. The molecule has 2 aromatic carbocycles. The Bertz CT molecular complexity index is 1050. The lowest BCUT2D eigenvalue weighted by Crippen LogP contribution is -2.47. The third-order valence-corrected chi connectivity index (χ3v) is 7.40. The van der Waals surface area contributed by atoms with Crippen LogP contribution in [0.5, 0.6) is 11.5 Å². The minimum atomic E-state index is -3.61. The Morgan fingerprint density at radius 3 is 2.52 bits per heavy atom. The van der Waals surface area contributed by atoms with Crippen molar-refractivity contribution in [3.8, 4) is 11.5 Å². The van der Waals surface area contributed by atoms with Crippen LogP contribution in [0, 0.1) is 0 Å². The van der Waals surface area contributed by atoms with E-state index in [1.54, 1.807) is 18.2 Å². The zero-order valence-corrected chi connectivity index (χ0v) is 18.4. The molecule has 9 heteroatoms. The molecule has 31 heavy (non-hydrogen) atoms. The molecule has 2 aliphatic heterocycles. The van der Waals surface area contributed by atoms with E-state index in [-0.39, 0.29) is 10.8 Å². The fraction of sp³-hybridized carbons (Fsp3) is 0.409. The first kappa shape index (κ1) is 21.6. The van der Waals surface area contributed by atoms with Crippen molar-refractivity contribution in [2.24, 2.45) is 0 Å². The van der Waals surface area contributed by atoms with Gasteiger partial charge in [-0.2, -0.15) is 4.31 Å². The number of carbonyl (C=O) groups excluding carboxylic acids is 1. The molecule has 1 amide bonds. The van der Waals surface area contributed by atoms with E-state index in [0.29, 0.717) is 57.9 Å². The number of piperazine rings is 1.